The van der Waals surface area contributed by atoms with Crippen LogP contribution in [0.2, 0.25) is 0 Å². The number of H-pyrrole nitrogens is 1. The van der Waals surface area contributed by atoms with Crippen molar-refractivity contribution in [2.24, 2.45) is 16.6 Å². The van der Waals surface area contributed by atoms with Gasteiger partial charge in [-0.15, -0.1) is 0 Å². The van der Waals surface area contributed by atoms with Crippen molar-refractivity contribution in [3.8, 4) is 17.1 Å². The quantitative estimate of drug-likeness (QED) is 0.525. The summed E-state index contributed by atoms with van der Waals surface area (Å²) in [6.07, 6.45) is 2.88. The number of aliphatic carboxylic acids is 1. The van der Waals surface area contributed by atoms with Crippen LogP contribution >= 0.6 is 0 Å². The number of carboxylic acids is 1. The van der Waals surface area contributed by atoms with Crippen LogP contribution in [-0.2, 0) is 4.79 Å². The number of aliphatic imine (C=N–C) groups is 1. The zero-order valence-electron chi connectivity index (χ0n) is 16.7. The van der Waals surface area contributed by atoms with Crippen molar-refractivity contribution in [1.82, 2.24) is 14.6 Å². The van der Waals surface area contributed by atoms with Crippen LogP contribution < -0.4 is 15.9 Å². The molecule has 1 aromatic carbocycles. The van der Waals surface area contributed by atoms with Crippen molar-refractivity contribution in [1.29, 1.82) is 0 Å². The van der Waals surface area contributed by atoms with Gasteiger partial charge in [-0.3, -0.25) is 4.79 Å². The van der Waals surface area contributed by atoms with Gasteiger partial charge in [0.05, 0.1) is 24.2 Å². The number of nitrogens with zero attached hydrogens (tertiary/aromatic N) is 3. The van der Waals surface area contributed by atoms with E-state index in [2.05, 4.69) is 15.4 Å². The second-order valence-electron chi connectivity index (χ2n) is 7.86. The maximum atomic E-state index is 11.3. The minimum absolute atomic E-state index is 0.172. The van der Waals surface area contributed by atoms with Crippen LogP contribution in [0, 0.1) is 5.92 Å². The first-order valence-corrected chi connectivity index (χ1v) is 10.1. The molecule has 0 unspecified atom stereocenters. The molecule has 3 heterocycles. The zero-order chi connectivity index (χ0) is 20.8. The number of aromatic nitrogens is 3. The van der Waals surface area contributed by atoms with Gasteiger partial charge in [0.2, 0.25) is 0 Å². The second kappa shape index (κ2) is 7.08. The average molecular weight is 408 g/mol. The Morgan fingerprint density at radius 1 is 1.30 bits per heavy atom. The third-order valence-electron chi connectivity index (χ3n) is 6.16. The predicted molar refractivity (Wildman–Crippen MR) is 113 cm³/mol. The minimum Gasteiger partial charge on any atom is -0.495 e. The van der Waals surface area contributed by atoms with Crippen molar-refractivity contribution < 1.29 is 14.6 Å². The molecular weight excluding hydrogens is 384 g/mol. The molecule has 9 heteroatoms. The Morgan fingerprint density at radius 2 is 2.10 bits per heavy atom. The number of ether oxygens (including phenoxy) is 1. The molecule has 1 aliphatic carbocycles. The van der Waals surface area contributed by atoms with Gasteiger partial charge in [-0.05, 0) is 37.8 Å². The van der Waals surface area contributed by atoms with Crippen molar-refractivity contribution in [2.45, 2.75) is 31.6 Å². The van der Waals surface area contributed by atoms with Crippen LogP contribution in [0.3, 0.4) is 0 Å². The fraction of sp³-hybridized carbons (Fsp3) is 0.381. The lowest BCUT2D eigenvalue weighted by atomic mass is 9.81. The monoisotopic (exact) mass is 408 g/mol. The fourth-order valence-corrected chi connectivity index (χ4v) is 4.59. The predicted octanol–water partition coefficient (Wildman–Crippen LogP) is 2.62. The number of amidine groups is 1. The van der Waals surface area contributed by atoms with Gasteiger partial charge >= 0.3 is 5.97 Å². The highest BCUT2D eigenvalue weighted by Gasteiger charge is 2.33. The summed E-state index contributed by atoms with van der Waals surface area (Å²) in [6, 6.07) is 7.91. The van der Waals surface area contributed by atoms with Gasteiger partial charge in [0.15, 0.2) is 0 Å². The highest BCUT2D eigenvalue weighted by Crippen LogP contribution is 2.38. The van der Waals surface area contributed by atoms with Gasteiger partial charge in [0, 0.05) is 11.3 Å². The summed E-state index contributed by atoms with van der Waals surface area (Å²) >= 11 is 0. The standard InChI is InChI=1S/C21H24N6O3/c1-30-15-4-2-3-13-9-14(25-16(13)15)17-18-19(22)23-10-24-27(18)20(26-17)11-5-7-12(8-6-11)21(28)29/h2-4,9,11-12,24-25H,5-8,10H2,1H3,(H2,22,23)(H,28,29). The van der Waals surface area contributed by atoms with Gasteiger partial charge in [-0.2, -0.15) is 0 Å². The number of para-hydroxylation sites is 1. The molecule has 0 amide bonds. The number of imidazole rings is 1. The Morgan fingerprint density at radius 3 is 2.83 bits per heavy atom. The van der Waals surface area contributed by atoms with Crippen LogP contribution in [0.15, 0.2) is 29.3 Å². The van der Waals surface area contributed by atoms with E-state index in [1.807, 2.05) is 28.9 Å². The number of fused-ring (bicyclic) bond motifs is 2. The van der Waals surface area contributed by atoms with Crippen LogP contribution in [-0.4, -0.2) is 45.3 Å². The Kier molecular flexibility index (Phi) is 4.38. The number of hydrogen-bond acceptors (Lipinski definition) is 6. The molecular formula is C21H24N6O3. The molecule has 2 aromatic heterocycles. The molecule has 1 fully saturated rings. The lowest BCUT2D eigenvalue weighted by molar-refractivity contribution is -0.142. The molecule has 5 rings (SSSR count). The highest BCUT2D eigenvalue weighted by atomic mass is 16.5. The number of nitrogens with one attached hydrogen (secondary N) is 2. The molecule has 0 bridgehead atoms. The van der Waals surface area contributed by atoms with Crippen molar-refractivity contribution in [2.75, 3.05) is 19.2 Å². The molecule has 1 saturated carbocycles. The van der Waals surface area contributed by atoms with Crippen LogP contribution in [0.1, 0.15) is 43.1 Å². The van der Waals surface area contributed by atoms with Gasteiger partial charge in [-0.25, -0.2) is 14.7 Å². The topological polar surface area (TPSA) is 131 Å². The van der Waals surface area contributed by atoms with Crippen molar-refractivity contribution in [3.05, 3.63) is 35.8 Å². The third-order valence-corrected chi connectivity index (χ3v) is 6.16. The normalized spacial score (nSPS) is 21.0. The molecule has 3 aromatic rings. The number of hydrogen-bond donors (Lipinski definition) is 4. The van der Waals surface area contributed by atoms with Gasteiger partial charge in [-0.1, -0.05) is 12.1 Å². The molecule has 5 N–H and O–H groups in total. The average Bonchev–Trinajstić information content (AvgIpc) is 3.36. The summed E-state index contributed by atoms with van der Waals surface area (Å²) in [6.45, 7) is 0.382. The Hall–Kier alpha value is -3.49. The summed E-state index contributed by atoms with van der Waals surface area (Å²) in [5, 5.41) is 10.3. The summed E-state index contributed by atoms with van der Waals surface area (Å²) < 4.78 is 7.41. The molecule has 9 nitrogen and oxygen atoms in total. The molecule has 0 spiro atoms. The summed E-state index contributed by atoms with van der Waals surface area (Å²) in [5.41, 5.74) is 12.8. The third kappa shape index (κ3) is 2.89. The number of benzene rings is 1. The van der Waals surface area contributed by atoms with Crippen LogP contribution in [0.4, 0.5) is 0 Å². The van der Waals surface area contributed by atoms with E-state index in [1.165, 1.54) is 0 Å². The van der Waals surface area contributed by atoms with E-state index < -0.39 is 5.97 Å². The Labute approximate surface area is 172 Å². The van der Waals surface area contributed by atoms with Gasteiger partial charge in [0.25, 0.3) is 0 Å². The molecule has 0 radical (unpaired) electrons. The maximum absolute atomic E-state index is 11.3. The summed E-state index contributed by atoms with van der Waals surface area (Å²) in [4.78, 5) is 24.1. The highest BCUT2D eigenvalue weighted by molar-refractivity contribution is 6.03. The Balaban J connectivity index is 1.59. The van der Waals surface area contributed by atoms with E-state index in [9.17, 15) is 9.90 Å². The molecule has 0 saturated heterocycles. The lowest BCUT2D eigenvalue weighted by Crippen LogP contribution is -2.33. The van der Waals surface area contributed by atoms with Crippen molar-refractivity contribution in [3.63, 3.8) is 0 Å². The molecule has 156 valence electrons. The molecule has 0 atom stereocenters. The molecule has 1 aliphatic heterocycles. The number of carboxylic acid groups (broad SMARTS) is 1. The first-order valence-electron chi connectivity index (χ1n) is 10.1. The van der Waals surface area contributed by atoms with Crippen LogP contribution in [0.25, 0.3) is 22.3 Å². The summed E-state index contributed by atoms with van der Waals surface area (Å²) in [5.74, 6) is 1.28. The van der Waals surface area contributed by atoms with E-state index in [-0.39, 0.29) is 11.8 Å². The number of rotatable bonds is 4. The van der Waals surface area contributed by atoms with E-state index in [1.54, 1.807) is 7.11 Å². The maximum Gasteiger partial charge on any atom is 0.306 e. The number of carbonyl (C=O) groups is 1. The van der Waals surface area contributed by atoms with E-state index in [0.717, 1.165) is 52.4 Å². The number of methoxy groups -OCH3 is 1. The molecule has 30 heavy (non-hydrogen) atoms. The lowest BCUT2D eigenvalue weighted by Gasteiger charge is -2.27. The van der Waals surface area contributed by atoms with E-state index in [0.29, 0.717) is 25.3 Å². The number of aromatic amines is 1. The fourth-order valence-electron chi connectivity index (χ4n) is 4.59. The van der Waals surface area contributed by atoms with E-state index >= 15 is 0 Å². The van der Waals surface area contributed by atoms with Gasteiger partial charge in [0.1, 0.15) is 35.5 Å². The SMILES string of the molecule is COc1cccc2cc(-c3nc(C4CCC(C(=O)O)CC4)n4c3C(N)=NCN4)[nH]c12. The molecule has 2 aliphatic rings. The Bertz CT molecular complexity index is 1150. The summed E-state index contributed by atoms with van der Waals surface area (Å²) in [7, 11) is 1.65. The van der Waals surface area contributed by atoms with Crippen LogP contribution in [0.5, 0.6) is 5.75 Å². The second-order valence-corrected chi connectivity index (χ2v) is 7.86. The van der Waals surface area contributed by atoms with E-state index in [4.69, 9.17) is 15.5 Å². The first-order chi connectivity index (χ1) is 14.6. The first kappa shape index (κ1) is 18.5. The smallest absolute Gasteiger partial charge is 0.306 e. The zero-order valence-corrected chi connectivity index (χ0v) is 16.7. The minimum atomic E-state index is -0.708. The number of nitrogens with two attached hydrogens (primary N) is 1. The van der Waals surface area contributed by atoms with Crippen molar-refractivity contribution >= 4 is 22.7 Å². The largest absolute Gasteiger partial charge is 0.495 e. The van der Waals surface area contributed by atoms with Gasteiger partial charge < -0.3 is 26.0 Å².